The van der Waals surface area contributed by atoms with Crippen molar-refractivity contribution in [3.05, 3.63) is 53.3 Å². The number of aromatic nitrogens is 1. The quantitative estimate of drug-likeness (QED) is 0.277. The molecule has 2 N–H and O–H groups in total. The van der Waals surface area contributed by atoms with E-state index in [1.54, 1.807) is 13.1 Å². The third-order valence-corrected chi connectivity index (χ3v) is 8.74. The van der Waals surface area contributed by atoms with Gasteiger partial charge in [0.05, 0.1) is 11.7 Å². The number of hydrogen-bond donors (Lipinski definition) is 2. The zero-order valence-corrected chi connectivity index (χ0v) is 24.6. The Morgan fingerprint density at radius 1 is 1.26 bits per heavy atom. The van der Waals surface area contributed by atoms with Crippen molar-refractivity contribution < 1.29 is 31.9 Å². The number of alkyl halides is 3. The average Bonchev–Trinajstić information content (AvgIpc) is 3.25. The zero-order chi connectivity index (χ0) is 31.1. The van der Waals surface area contributed by atoms with Crippen LogP contribution in [0, 0.1) is 5.82 Å². The highest BCUT2D eigenvalue weighted by Gasteiger charge is 2.61. The van der Waals surface area contributed by atoms with Crippen molar-refractivity contribution in [2.75, 3.05) is 57.8 Å². The Morgan fingerprint density at radius 3 is 2.67 bits per heavy atom. The Bertz CT molecular complexity index is 1430. The number of piperazine rings is 1. The van der Waals surface area contributed by atoms with E-state index < -0.39 is 35.5 Å². The van der Waals surface area contributed by atoms with Gasteiger partial charge in [0.15, 0.2) is 5.75 Å². The molecule has 43 heavy (non-hydrogen) atoms. The molecule has 0 radical (unpaired) electrons. The van der Waals surface area contributed by atoms with E-state index in [2.05, 4.69) is 22.2 Å². The molecule has 1 aromatic carbocycles. The summed E-state index contributed by atoms with van der Waals surface area (Å²) in [6.45, 7) is 5.78. The number of carbonyl (C=O) groups is 2. The van der Waals surface area contributed by atoms with E-state index in [1.165, 1.54) is 34.1 Å². The summed E-state index contributed by atoms with van der Waals surface area (Å²) in [5.74, 6) is -2.08. The molecular formula is C29H33ClF4N6O3. The zero-order valence-electron chi connectivity index (χ0n) is 23.8. The van der Waals surface area contributed by atoms with Gasteiger partial charge in [-0.05, 0) is 38.6 Å². The number of hydrogen-bond acceptors (Lipinski definition) is 7. The summed E-state index contributed by atoms with van der Waals surface area (Å²) in [6.07, 6.45) is -3.85. The maximum absolute atomic E-state index is 15.1. The number of ether oxygens (including phenoxy) is 1. The van der Waals surface area contributed by atoms with Gasteiger partial charge in [-0.3, -0.25) is 9.59 Å². The van der Waals surface area contributed by atoms with Crippen LogP contribution in [0.2, 0.25) is 5.02 Å². The van der Waals surface area contributed by atoms with Crippen molar-refractivity contribution in [2.45, 2.75) is 37.1 Å². The second-order valence-corrected chi connectivity index (χ2v) is 11.5. The van der Waals surface area contributed by atoms with Crippen molar-refractivity contribution in [2.24, 2.45) is 0 Å². The van der Waals surface area contributed by atoms with Gasteiger partial charge in [0, 0.05) is 50.9 Å². The molecular weight excluding hydrogens is 592 g/mol. The first-order chi connectivity index (χ1) is 20.4. The Labute approximate surface area is 251 Å². The fourth-order valence-corrected chi connectivity index (χ4v) is 6.30. The lowest BCUT2D eigenvalue weighted by Crippen LogP contribution is -2.57. The van der Waals surface area contributed by atoms with E-state index in [0.717, 1.165) is 11.8 Å². The van der Waals surface area contributed by atoms with Crippen LogP contribution >= 0.6 is 11.6 Å². The van der Waals surface area contributed by atoms with Crippen LogP contribution in [0.25, 0.3) is 11.3 Å². The van der Waals surface area contributed by atoms with Gasteiger partial charge >= 0.3 is 6.18 Å². The van der Waals surface area contributed by atoms with Crippen molar-refractivity contribution >= 4 is 29.2 Å². The van der Waals surface area contributed by atoms with Gasteiger partial charge in [0.2, 0.25) is 5.91 Å². The van der Waals surface area contributed by atoms with Gasteiger partial charge in [-0.15, -0.1) is 0 Å². The maximum Gasteiger partial charge on any atom is 0.411 e. The number of nitrogens with one attached hydrogen (secondary N) is 2. The van der Waals surface area contributed by atoms with E-state index >= 15 is 4.39 Å². The van der Waals surface area contributed by atoms with Crippen molar-refractivity contribution in [1.82, 2.24) is 25.4 Å². The highest BCUT2D eigenvalue weighted by molar-refractivity contribution is 6.35. The average molecular weight is 625 g/mol. The Morgan fingerprint density at radius 2 is 2.00 bits per heavy atom. The molecule has 0 aliphatic carbocycles. The number of halogens is 5. The van der Waals surface area contributed by atoms with Gasteiger partial charge in [-0.25, -0.2) is 9.37 Å². The SMILES string of the molecule is C=CC(=O)N1CCN2C(=O)c3c(N4CC(NCCNC)C[C@@]4(C)C(F)(F)F)nc(-c4ccccc4F)c(Cl)c3OC[C@H]2C1. The Balaban J connectivity index is 1.68. The lowest BCUT2D eigenvalue weighted by molar-refractivity contribution is -0.179. The van der Waals surface area contributed by atoms with E-state index in [1.807, 2.05) is 0 Å². The standard InChI is InChI=1S/C29H33ClF4N6O3/c1-4-21(41)38-11-12-39-18(15-38)16-43-25-22(27(39)42)26(37-24(23(25)30)19-7-5-6-8-20(19)31)40-14-17(36-10-9-35-3)13-28(40,2)29(32,33)34/h4-8,17-18,35-36H,1,9-16H2,2-3H3/t17?,18-,28+/m1/s1. The molecule has 3 aliphatic rings. The smallest absolute Gasteiger partial charge is 0.411 e. The molecule has 2 aromatic rings. The maximum atomic E-state index is 15.1. The molecule has 2 saturated heterocycles. The second-order valence-electron chi connectivity index (χ2n) is 11.1. The summed E-state index contributed by atoms with van der Waals surface area (Å²) < 4.78 is 65.8. The monoisotopic (exact) mass is 624 g/mol. The highest BCUT2D eigenvalue weighted by Crippen LogP contribution is 2.50. The largest absolute Gasteiger partial charge is 0.489 e. The van der Waals surface area contributed by atoms with E-state index in [-0.39, 0.29) is 78.5 Å². The van der Waals surface area contributed by atoms with Crippen molar-refractivity contribution in [3.8, 4) is 17.0 Å². The van der Waals surface area contributed by atoms with Crippen LogP contribution in [0.5, 0.6) is 5.75 Å². The number of fused-ring (bicyclic) bond motifs is 2. The number of carbonyl (C=O) groups excluding carboxylic acids is 2. The summed E-state index contributed by atoms with van der Waals surface area (Å²) in [5, 5.41) is 5.93. The summed E-state index contributed by atoms with van der Waals surface area (Å²) in [7, 11) is 1.74. The molecule has 0 bridgehead atoms. The summed E-state index contributed by atoms with van der Waals surface area (Å²) in [6, 6.07) is 4.42. The summed E-state index contributed by atoms with van der Waals surface area (Å²) in [4.78, 5) is 35.1. The number of amides is 2. The predicted octanol–water partition coefficient (Wildman–Crippen LogP) is 3.48. The molecule has 3 atom stereocenters. The molecule has 9 nitrogen and oxygen atoms in total. The third kappa shape index (κ3) is 5.53. The molecule has 14 heteroatoms. The van der Waals surface area contributed by atoms with Crippen molar-refractivity contribution in [3.63, 3.8) is 0 Å². The fourth-order valence-electron chi connectivity index (χ4n) is 6.01. The molecule has 2 amide bonds. The highest BCUT2D eigenvalue weighted by atomic mass is 35.5. The minimum atomic E-state index is -4.72. The van der Waals surface area contributed by atoms with Gasteiger partial charge in [0.25, 0.3) is 5.91 Å². The van der Waals surface area contributed by atoms with Gasteiger partial charge in [0.1, 0.15) is 34.4 Å². The van der Waals surface area contributed by atoms with E-state index in [9.17, 15) is 22.8 Å². The first kappa shape index (κ1) is 31.0. The molecule has 232 valence electrons. The van der Waals surface area contributed by atoms with E-state index in [0.29, 0.717) is 13.1 Å². The number of rotatable bonds is 7. The van der Waals surface area contributed by atoms with Gasteiger partial charge < -0.3 is 30.1 Å². The van der Waals surface area contributed by atoms with Gasteiger partial charge in [-0.2, -0.15) is 13.2 Å². The minimum Gasteiger partial charge on any atom is -0.489 e. The normalized spacial score (nSPS) is 23.9. The molecule has 1 aromatic heterocycles. The molecule has 0 saturated carbocycles. The predicted molar refractivity (Wildman–Crippen MR) is 154 cm³/mol. The third-order valence-electron chi connectivity index (χ3n) is 8.39. The molecule has 3 aliphatic heterocycles. The van der Waals surface area contributed by atoms with Crippen LogP contribution in [0.4, 0.5) is 23.4 Å². The number of anilines is 1. The Kier molecular flexibility index (Phi) is 8.61. The molecule has 2 fully saturated rings. The van der Waals surface area contributed by atoms with Crippen LogP contribution in [-0.4, -0.2) is 103 Å². The summed E-state index contributed by atoms with van der Waals surface area (Å²) >= 11 is 6.76. The first-order valence-electron chi connectivity index (χ1n) is 14.0. The first-order valence-corrected chi connectivity index (χ1v) is 14.3. The second kappa shape index (κ2) is 11.9. The number of nitrogens with zero attached hydrogens (tertiary/aromatic N) is 4. The van der Waals surface area contributed by atoms with Crippen LogP contribution in [0.3, 0.4) is 0 Å². The van der Waals surface area contributed by atoms with Crippen LogP contribution in [0.15, 0.2) is 36.9 Å². The van der Waals surface area contributed by atoms with Crippen LogP contribution in [-0.2, 0) is 4.79 Å². The van der Waals surface area contributed by atoms with Gasteiger partial charge in [-0.1, -0.05) is 30.3 Å². The number of benzene rings is 1. The molecule has 1 unspecified atom stereocenters. The lowest BCUT2D eigenvalue weighted by Gasteiger charge is -2.40. The molecule has 5 rings (SSSR count). The lowest BCUT2D eigenvalue weighted by atomic mass is 9.95. The van der Waals surface area contributed by atoms with E-state index in [4.69, 9.17) is 16.3 Å². The molecule has 4 heterocycles. The Hall–Kier alpha value is -3.42. The van der Waals surface area contributed by atoms with Crippen molar-refractivity contribution in [1.29, 1.82) is 0 Å². The van der Waals surface area contributed by atoms with Crippen LogP contribution in [0.1, 0.15) is 23.7 Å². The van der Waals surface area contributed by atoms with Crippen LogP contribution < -0.4 is 20.3 Å². The topological polar surface area (TPSA) is 90.0 Å². The summed E-state index contributed by atoms with van der Waals surface area (Å²) in [5.41, 5.74) is -2.83. The minimum absolute atomic E-state index is 0.0473. The number of pyridine rings is 1. The number of likely N-dealkylation sites (N-methyl/N-ethyl adjacent to an activating group) is 1. The fraction of sp³-hybridized carbons (Fsp3) is 0.483. The molecule has 0 spiro atoms.